The molecule has 0 saturated heterocycles. The number of amides is 1. The van der Waals surface area contributed by atoms with Gasteiger partial charge in [0.25, 0.3) is 0 Å². The molecule has 1 amide bonds. The second-order valence-electron chi connectivity index (χ2n) is 6.12. The minimum absolute atomic E-state index is 0.296. The van der Waals surface area contributed by atoms with Crippen molar-refractivity contribution in [3.8, 4) is 17.1 Å². The first-order valence-corrected chi connectivity index (χ1v) is 7.90. The molecule has 1 unspecified atom stereocenters. The van der Waals surface area contributed by atoms with Crippen LogP contribution in [0.3, 0.4) is 0 Å². The predicted molar refractivity (Wildman–Crippen MR) is 91.0 cm³/mol. The summed E-state index contributed by atoms with van der Waals surface area (Å²) < 4.78 is 16.0. The summed E-state index contributed by atoms with van der Waals surface area (Å²) in [6, 6.07) is 3.70. The van der Waals surface area contributed by atoms with Crippen molar-refractivity contribution in [3.63, 3.8) is 0 Å². The molecule has 2 heterocycles. The molecule has 0 aliphatic carbocycles. The lowest BCUT2D eigenvalue weighted by molar-refractivity contribution is 0.0888. The van der Waals surface area contributed by atoms with E-state index in [1.54, 1.807) is 13.3 Å². The molecule has 0 fully saturated rings. The number of oxazole rings is 1. The highest BCUT2D eigenvalue weighted by Gasteiger charge is 2.22. The maximum atomic E-state index is 11.2. The first kappa shape index (κ1) is 16.8. The van der Waals surface area contributed by atoms with E-state index in [0.29, 0.717) is 35.2 Å². The number of hydrogen-bond donors (Lipinski definition) is 2. The number of hydrogen-bond acceptors (Lipinski definition) is 6. The first-order chi connectivity index (χ1) is 12.0. The van der Waals surface area contributed by atoms with Gasteiger partial charge in [0.15, 0.2) is 18.3 Å². The minimum Gasteiger partial charge on any atom is -0.494 e. The number of primary amides is 1. The quantitative estimate of drug-likeness (QED) is 0.708. The Balaban J connectivity index is 2.06. The molecule has 0 radical (unpaired) electrons. The van der Waals surface area contributed by atoms with Crippen LogP contribution >= 0.6 is 0 Å². The Hall–Kier alpha value is -3.03. The molecule has 3 aromatic rings. The van der Waals surface area contributed by atoms with Crippen LogP contribution in [-0.2, 0) is 4.74 Å². The fourth-order valence-corrected chi connectivity index (χ4v) is 2.70. The van der Waals surface area contributed by atoms with Gasteiger partial charge in [0.05, 0.1) is 18.8 Å². The van der Waals surface area contributed by atoms with Gasteiger partial charge in [-0.2, -0.15) is 0 Å². The van der Waals surface area contributed by atoms with Gasteiger partial charge in [-0.05, 0) is 24.5 Å². The SMILES string of the molecule is COc1cc(-c2cnco2)cc2[nH]c(C(CC(C)C)OC(N)=O)nc12. The minimum atomic E-state index is -0.833. The number of nitrogens with zero attached hydrogens (tertiary/aromatic N) is 2. The van der Waals surface area contributed by atoms with Crippen LogP contribution < -0.4 is 10.5 Å². The molecule has 8 heteroatoms. The second kappa shape index (κ2) is 6.84. The largest absolute Gasteiger partial charge is 0.494 e. The molecule has 3 rings (SSSR count). The summed E-state index contributed by atoms with van der Waals surface area (Å²) in [5, 5.41) is 0. The topological polar surface area (TPSA) is 116 Å². The van der Waals surface area contributed by atoms with Crippen molar-refractivity contribution in [1.29, 1.82) is 0 Å². The Bertz CT molecular complexity index is 870. The molecule has 0 saturated carbocycles. The number of carbonyl (C=O) groups is 1. The monoisotopic (exact) mass is 344 g/mol. The van der Waals surface area contributed by atoms with Crippen molar-refractivity contribution in [1.82, 2.24) is 15.0 Å². The lowest BCUT2D eigenvalue weighted by atomic mass is 10.1. The Morgan fingerprint density at radius 1 is 1.40 bits per heavy atom. The molecule has 0 spiro atoms. The van der Waals surface area contributed by atoms with E-state index in [1.165, 1.54) is 6.39 Å². The number of methoxy groups -OCH3 is 1. The Labute approximate surface area is 144 Å². The van der Waals surface area contributed by atoms with Gasteiger partial charge in [0, 0.05) is 5.56 Å². The predicted octanol–water partition coefficient (Wildman–Crippen LogP) is 3.41. The maximum absolute atomic E-state index is 11.2. The molecule has 0 aliphatic rings. The third-order valence-electron chi connectivity index (χ3n) is 3.76. The number of benzene rings is 1. The number of rotatable bonds is 6. The highest BCUT2D eigenvalue weighted by atomic mass is 16.6. The summed E-state index contributed by atoms with van der Waals surface area (Å²) in [5.74, 6) is 2.01. The number of imidazole rings is 1. The number of nitrogens with two attached hydrogens (primary N) is 1. The van der Waals surface area contributed by atoms with Gasteiger partial charge < -0.3 is 24.6 Å². The summed E-state index contributed by atoms with van der Waals surface area (Å²) in [7, 11) is 1.57. The van der Waals surface area contributed by atoms with Crippen molar-refractivity contribution in [2.45, 2.75) is 26.4 Å². The van der Waals surface area contributed by atoms with Gasteiger partial charge in [0.2, 0.25) is 0 Å². The van der Waals surface area contributed by atoms with Crippen molar-refractivity contribution in [2.75, 3.05) is 7.11 Å². The van der Waals surface area contributed by atoms with Gasteiger partial charge >= 0.3 is 6.09 Å². The zero-order chi connectivity index (χ0) is 18.0. The van der Waals surface area contributed by atoms with Crippen LogP contribution in [0.5, 0.6) is 5.75 Å². The number of aromatic amines is 1. The summed E-state index contributed by atoms with van der Waals surface area (Å²) in [6.07, 6.45) is 2.20. The maximum Gasteiger partial charge on any atom is 0.405 e. The van der Waals surface area contributed by atoms with Crippen molar-refractivity contribution < 1.29 is 18.7 Å². The van der Waals surface area contributed by atoms with E-state index in [2.05, 4.69) is 15.0 Å². The smallest absolute Gasteiger partial charge is 0.405 e. The third-order valence-corrected chi connectivity index (χ3v) is 3.76. The van der Waals surface area contributed by atoms with E-state index >= 15 is 0 Å². The van der Waals surface area contributed by atoms with E-state index in [1.807, 2.05) is 26.0 Å². The lowest BCUT2D eigenvalue weighted by Crippen LogP contribution is -2.19. The van der Waals surface area contributed by atoms with Crippen LogP contribution in [0.15, 0.2) is 29.1 Å². The van der Waals surface area contributed by atoms with Gasteiger partial charge in [-0.1, -0.05) is 13.8 Å². The van der Waals surface area contributed by atoms with Gasteiger partial charge in [-0.15, -0.1) is 0 Å². The van der Waals surface area contributed by atoms with E-state index in [9.17, 15) is 4.79 Å². The highest BCUT2D eigenvalue weighted by molar-refractivity contribution is 5.87. The van der Waals surface area contributed by atoms with Crippen LogP contribution in [0.2, 0.25) is 0 Å². The molecule has 25 heavy (non-hydrogen) atoms. The van der Waals surface area contributed by atoms with Gasteiger partial charge in [-0.25, -0.2) is 14.8 Å². The number of fused-ring (bicyclic) bond motifs is 1. The first-order valence-electron chi connectivity index (χ1n) is 7.90. The van der Waals surface area contributed by atoms with Crippen LogP contribution in [0.25, 0.3) is 22.4 Å². The number of carbonyl (C=O) groups excluding carboxylic acids is 1. The van der Waals surface area contributed by atoms with Crippen molar-refractivity contribution in [2.24, 2.45) is 11.7 Å². The molecular weight excluding hydrogens is 324 g/mol. The number of aromatic nitrogens is 3. The fraction of sp³-hybridized carbons (Fsp3) is 0.353. The van der Waals surface area contributed by atoms with E-state index in [4.69, 9.17) is 19.6 Å². The van der Waals surface area contributed by atoms with Gasteiger partial charge in [-0.3, -0.25) is 0 Å². The van der Waals surface area contributed by atoms with E-state index in [-0.39, 0.29) is 0 Å². The molecule has 0 bridgehead atoms. The third kappa shape index (κ3) is 3.57. The summed E-state index contributed by atoms with van der Waals surface area (Å²) in [6.45, 7) is 4.06. The molecule has 132 valence electrons. The van der Waals surface area contributed by atoms with Gasteiger partial charge in [0.1, 0.15) is 17.1 Å². The molecule has 2 aromatic heterocycles. The standard InChI is InChI=1S/C17H20N4O4/c1-9(2)4-13(25-17(18)22)16-20-11-5-10(14-7-19-8-24-14)6-12(23-3)15(11)21-16/h5-9,13H,4H2,1-3H3,(H2,18,22)(H,20,21). The van der Waals surface area contributed by atoms with Crippen LogP contribution in [-0.4, -0.2) is 28.2 Å². The normalized spacial score (nSPS) is 12.5. The number of nitrogens with one attached hydrogen (secondary N) is 1. The summed E-state index contributed by atoms with van der Waals surface area (Å²) in [4.78, 5) is 22.9. The average Bonchev–Trinajstić information content (AvgIpc) is 3.21. The Morgan fingerprint density at radius 3 is 2.80 bits per heavy atom. The van der Waals surface area contributed by atoms with E-state index < -0.39 is 12.2 Å². The lowest BCUT2D eigenvalue weighted by Gasteiger charge is -2.16. The van der Waals surface area contributed by atoms with Crippen molar-refractivity contribution >= 4 is 17.1 Å². The van der Waals surface area contributed by atoms with Crippen LogP contribution in [0, 0.1) is 5.92 Å². The number of H-pyrrole nitrogens is 1. The fourth-order valence-electron chi connectivity index (χ4n) is 2.70. The molecule has 8 nitrogen and oxygen atoms in total. The molecular formula is C17H20N4O4. The summed E-state index contributed by atoms with van der Waals surface area (Å²) in [5.41, 5.74) is 7.38. The molecule has 3 N–H and O–H groups in total. The zero-order valence-electron chi connectivity index (χ0n) is 14.3. The molecule has 1 atom stereocenters. The Kier molecular flexibility index (Phi) is 4.60. The van der Waals surface area contributed by atoms with Crippen LogP contribution in [0.4, 0.5) is 4.79 Å². The Morgan fingerprint density at radius 2 is 2.20 bits per heavy atom. The van der Waals surface area contributed by atoms with Crippen molar-refractivity contribution in [3.05, 3.63) is 30.5 Å². The van der Waals surface area contributed by atoms with E-state index in [0.717, 1.165) is 11.1 Å². The molecule has 1 aromatic carbocycles. The number of ether oxygens (including phenoxy) is 2. The highest BCUT2D eigenvalue weighted by Crippen LogP contribution is 2.33. The molecule has 0 aliphatic heterocycles. The average molecular weight is 344 g/mol. The van der Waals surface area contributed by atoms with Crippen LogP contribution in [0.1, 0.15) is 32.2 Å². The zero-order valence-corrected chi connectivity index (χ0v) is 14.3. The second-order valence-corrected chi connectivity index (χ2v) is 6.12. The summed E-state index contributed by atoms with van der Waals surface area (Å²) >= 11 is 0.